The van der Waals surface area contributed by atoms with Gasteiger partial charge in [0.25, 0.3) is 0 Å². The van der Waals surface area contributed by atoms with Gasteiger partial charge in [-0.25, -0.2) is 0 Å². The molecule has 1 atom stereocenters. The van der Waals surface area contributed by atoms with Gasteiger partial charge >= 0.3 is 0 Å². The molecule has 0 aromatic heterocycles. The van der Waals surface area contributed by atoms with Crippen LogP contribution in [-0.2, 0) is 4.79 Å². The normalized spacial score (nSPS) is 34.5. The highest BCUT2D eigenvalue weighted by atomic mass is 16.2. The van der Waals surface area contributed by atoms with Crippen LogP contribution < -0.4 is 5.73 Å². The summed E-state index contributed by atoms with van der Waals surface area (Å²) in [7, 11) is 1.85. The van der Waals surface area contributed by atoms with E-state index in [1.165, 1.54) is 0 Å². The standard InChI is InChI=1S/C10H20N2O/c1-9(2)6-10(3,11)5-8(13)12(4)7-9/h5-7,11H2,1-4H3. The lowest BCUT2D eigenvalue weighted by molar-refractivity contribution is -0.130. The van der Waals surface area contributed by atoms with Crippen LogP contribution in [0.25, 0.3) is 0 Å². The Bertz CT molecular complexity index is 221. The first-order chi connectivity index (χ1) is 5.72. The zero-order chi connectivity index (χ0) is 10.3. The zero-order valence-corrected chi connectivity index (χ0v) is 9.05. The highest BCUT2D eigenvalue weighted by Crippen LogP contribution is 2.32. The Morgan fingerprint density at radius 1 is 1.38 bits per heavy atom. The number of amides is 1. The summed E-state index contributed by atoms with van der Waals surface area (Å²) in [6.45, 7) is 7.09. The summed E-state index contributed by atoms with van der Waals surface area (Å²) in [5.41, 5.74) is 5.85. The smallest absolute Gasteiger partial charge is 0.224 e. The van der Waals surface area contributed by atoms with E-state index < -0.39 is 0 Å². The third-order valence-electron chi connectivity index (χ3n) is 2.53. The molecule has 1 fully saturated rings. The summed E-state index contributed by atoms with van der Waals surface area (Å²) in [6, 6.07) is 0. The lowest BCUT2D eigenvalue weighted by atomic mass is 9.79. The maximum Gasteiger partial charge on any atom is 0.224 e. The summed E-state index contributed by atoms with van der Waals surface area (Å²) >= 11 is 0. The molecule has 1 rings (SSSR count). The van der Waals surface area contributed by atoms with E-state index in [0.29, 0.717) is 6.42 Å². The Balaban J connectivity index is 2.87. The van der Waals surface area contributed by atoms with Crippen LogP contribution in [0.4, 0.5) is 0 Å². The highest BCUT2D eigenvalue weighted by molar-refractivity contribution is 5.77. The van der Waals surface area contributed by atoms with Gasteiger partial charge in [0.05, 0.1) is 0 Å². The van der Waals surface area contributed by atoms with E-state index in [2.05, 4.69) is 13.8 Å². The number of carbonyl (C=O) groups excluding carboxylic acids is 1. The minimum Gasteiger partial charge on any atom is -0.345 e. The van der Waals surface area contributed by atoms with Crippen molar-refractivity contribution in [1.29, 1.82) is 0 Å². The molecular formula is C10H20N2O. The van der Waals surface area contributed by atoms with E-state index in [-0.39, 0.29) is 16.9 Å². The fourth-order valence-electron chi connectivity index (χ4n) is 2.42. The maximum absolute atomic E-state index is 11.6. The minimum absolute atomic E-state index is 0.129. The van der Waals surface area contributed by atoms with Gasteiger partial charge < -0.3 is 10.6 Å². The largest absolute Gasteiger partial charge is 0.345 e. The van der Waals surface area contributed by atoms with Gasteiger partial charge in [0, 0.05) is 25.6 Å². The van der Waals surface area contributed by atoms with Crippen molar-refractivity contribution in [1.82, 2.24) is 4.90 Å². The van der Waals surface area contributed by atoms with Gasteiger partial charge in [-0.3, -0.25) is 4.79 Å². The van der Waals surface area contributed by atoms with Gasteiger partial charge in [0.2, 0.25) is 5.91 Å². The number of rotatable bonds is 0. The Morgan fingerprint density at radius 3 is 2.46 bits per heavy atom. The minimum atomic E-state index is -0.342. The van der Waals surface area contributed by atoms with Crippen molar-refractivity contribution in [2.45, 2.75) is 39.2 Å². The van der Waals surface area contributed by atoms with E-state index in [1.54, 1.807) is 4.90 Å². The molecule has 1 heterocycles. The highest BCUT2D eigenvalue weighted by Gasteiger charge is 2.37. The van der Waals surface area contributed by atoms with Gasteiger partial charge in [-0.05, 0) is 18.8 Å². The number of hydrogen-bond acceptors (Lipinski definition) is 2. The van der Waals surface area contributed by atoms with Gasteiger partial charge in [0.15, 0.2) is 0 Å². The Hall–Kier alpha value is -0.570. The first kappa shape index (κ1) is 10.5. The van der Waals surface area contributed by atoms with Crippen LogP contribution >= 0.6 is 0 Å². The molecule has 1 saturated heterocycles. The molecule has 0 aliphatic carbocycles. The van der Waals surface area contributed by atoms with Gasteiger partial charge in [-0.1, -0.05) is 13.8 Å². The molecule has 1 aliphatic heterocycles. The topological polar surface area (TPSA) is 46.3 Å². The summed E-state index contributed by atoms with van der Waals surface area (Å²) in [6.07, 6.45) is 1.36. The molecule has 3 nitrogen and oxygen atoms in total. The molecule has 1 amide bonds. The second kappa shape index (κ2) is 2.98. The fraction of sp³-hybridized carbons (Fsp3) is 0.900. The lowest BCUT2D eigenvalue weighted by Crippen LogP contribution is -2.40. The van der Waals surface area contributed by atoms with Crippen LogP contribution in [0.2, 0.25) is 0 Å². The molecule has 0 saturated carbocycles. The molecule has 3 heteroatoms. The van der Waals surface area contributed by atoms with E-state index in [0.717, 1.165) is 13.0 Å². The molecule has 0 bridgehead atoms. The SMILES string of the molecule is CN1CC(C)(C)CC(C)(N)CC1=O. The second-order valence-electron chi connectivity index (χ2n) is 5.42. The van der Waals surface area contributed by atoms with Crippen LogP contribution in [0, 0.1) is 5.41 Å². The molecule has 13 heavy (non-hydrogen) atoms. The van der Waals surface area contributed by atoms with Crippen molar-refractivity contribution in [2.75, 3.05) is 13.6 Å². The molecule has 1 aliphatic rings. The van der Waals surface area contributed by atoms with Crippen molar-refractivity contribution in [3.05, 3.63) is 0 Å². The first-order valence-corrected chi connectivity index (χ1v) is 4.75. The van der Waals surface area contributed by atoms with Crippen molar-refractivity contribution in [3.8, 4) is 0 Å². The maximum atomic E-state index is 11.6. The summed E-state index contributed by atoms with van der Waals surface area (Å²) in [5.74, 6) is 0.163. The van der Waals surface area contributed by atoms with E-state index >= 15 is 0 Å². The molecule has 0 aromatic carbocycles. The zero-order valence-electron chi connectivity index (χ0n) is 9.05. The Morgan fingerprint density at radius 2 is 1.92 bits per heavy atom. The molecule has 0 radical (unpaired) electrons. The van der Waals surface area contributed by atoms with E-state index in [4.69, 9.17) is 5.73 Å². The first-order valence-electron chi connectivity index (χ1n) is 4.75. The number of nitrogens with zero attached hydrogens (tertiary/aromatic N) is 1. The van der Waals surface area contributed by atoms with Crippen molar-refractivity contribution in [3.63, 3.8) is 0 Å². The van der Waals surface area contributed by atoms with Crippen LogP contribution in [0.1, 0.15) is 33.6 Å². The fourth-order valence-corrected chi connectivity index (χ4v) is 2.42. The molecule has 0 spiro atoms. The van der Waals surface area contributed by atoms with Crippen LogP contribution in [0.3, 0.4) is 0 Å². The number of likely N-dealkylation sites (tertiary alicyclic amines) is 1. The van der Waals surface area contributed by atoms with Crippen molar-refractivity contribution < 1.29 is 4.79 Å². The lowest BCUT2D eigenvalue weighted by Gasteiger charge is -2.31. The number of hydrogen-bond donors (Lipinski definition) is 1. The van der Waals surface area contributed by atoms with Gasteiger partial charge in [-0.2, -0.15) is 0 Å². The Kier molecular flexibility index (Phi) is 2.41. The third-order valence-corrected chi connectivity index (χ3v) is 2.53. The van der Waals surface area contributed by atoms with Gasteiger partial charge in [-0.15, -0.1) is 0 Å². The van der Waals surface area contributed by atoms with E-state index in [1.807, 2.05) is 14.0 Å². The van der Waals surface area contributed by atoms with Crippen molar-refractivity contribution >= 4 is 5.91 Å². The monoisotopic (exact) mass is 184 g/mol. The molecule has 76 valence electrons. The van der Waals surface area contributed by atoms with Crippen LogP contribution in [0.5, 0.6) is 0 Å². The third kappa shape index (κ3) is 2.69. The van der Waals surface area contributed by atoms with Crippen LogP contribution in [0.15, 0.2) is 0 Å². The molecular weight excluding hydrogens is 164 g/mol. The van der Waals surface area contributed by atoms with E-state index in [9.17, 15) is 4.79 Å². The summed E-state index contributed by atoms with van der Waals surface area (Å²) < 4.78 is 0. The summed E-state index contributed by atoms with van der Waals surface area (Å²) in [4.78, 5) is 13.4. The Labute approximate surface area is 80.3 Å². The molecule has 2 N–H and O–H groups in total. The summed E-state index contributed by atoms with van der Waals surface area (Å²) in [5, 5.41) is 0. The quantitative estimate of drug-likeness (QED) is 0.610. The van der Waals surface area contributed by atoms with Gasteiger partial charge in [0.1, 0.15) is 0 Å². The van der Waals surface area contributed by atoms with Crippen LogP contribution in [-0.4, -0.2) is 29.9 Å². The average Bonchev–Trinajstić information content (AvgIpc) is 1.85. The molecule has 0 aromatic rings. The average molecular weight is 184 g/mol. The molecule has 1 unspecified atom stereocenters. The predicted molar refractivity (Wildman–Crippen MR) is 53.2 cm³/mol. The predicted octanol–water partition coefficient (Wildman–Crippen LogP) is 0.982. The number of nitrogens with two attached hydrogens (primary N) is 1. The second-order valence-corrected chi connectivity index (χ2v) is 5.42. The van der Waals surface area contributed by atoms with Crippen molar-refractivity contribution in [2.24, 2.45) is 11.1 Å². The number of carbonyl (C=O) groups is 1.